The minimum absolute atomic E-state index is 0.0997. The Balaban J connectivity index is 1.43. The molecule has 70 heavy (non-hydrogen) atoms. The largest absolute Gasteiger partial charge is 0.497 e. The zero-order valence-electron chi connectivity index (χ0n) is 39.8. The second-order valence-electron chi connectivity index (χ2n) is 17.4. The fourth-order valence-corrected chi connectivity index (χ4v) is 9.66. The van der Waals surface area contributed by atoms with Crippen molar-refractivity contribution >= 4 is 34.2 Å². The van der Waals surface area contributed by atoms with Crippen molar-refractivity contribution in [3.05, 3.63) is 150 Å². The highest BCUT2D eigenvalue weighted by Gasteiger charge is 2.29. The van der Waals surface area contributed by atoms with E-state index in [9.17, 15) is 10.2 Å². The predicted molar refractivity (Wildman–Crippen MR) is 280 cm³/mol. The highest BCUT2D eigenvalue weighted by atomic mass is 16.5. The lowest BCUT2D eigenvalue weighted by Gasteiger charge is -2.14. The maximum absolute atomic E-state index is 9.90. The van der Waals surface area contributed by atoms with Gasteiger partial charge in [0.1, 0.15) is 23.0 Å². The van der Waals surface area contributed by atoms with Gasteiger partial charge >= 0.3 is 0 Å². The molecule has 8 aromatic rings. The number of unbranched alkanes of at least 4 members (excludes halogenated alkanes) is 2. The van der Waals surface area contributed by atoms with Gasteiger partial charge in [0, 0.05) is 68.8 Å². The molecular weight excluding hydrogens is 875 g/mol. The highest BCUT2D eigenvalue weighted by molar-refractivity contribution is 6.04. The molecule has 6 heterocycles. The van der Waals surface area contributed by atoms with Crippen molar-refractivity contribution in [2.45, 2.75) is 38.5 Å². The van der Waals surface area contributed by atoms with Crippen molar-refractivity contribution in [2.75, 3.05) is 41.7 Å². The summed E-state index contributed by atoms with van der Waals surface area (Å²) < 4.78 is 23.3. The summed E-state index contributed by atoms with van der Waals surface area (Å²) in [5, 5.41) is 19.8. The fraction of sp³-hybridized carbons (Fsp3) is 0.203. The number of aryl methyl sites for hydroxylation is 2. The Bertz CT molecular complexity index is 3220. The number of hydrogen-bond donors (Lipinski definition) is 4. The summed E-state index contributed by atoms with van der Waals surface area (Å²) in [5.41, 5.74) is 17.1. The topological polar surface area (TPSA) is 148 Å². The number of H-pyrrole nitrogens is 2. The predicted octanol–water partition coefficient (Wildman–Crippen LogP) is 12.5. The Kier molecular flexibility index (Phi) is 13.3. The van der Waals surface area contributed by atoms with Crippen LogP contribution < -0.4 is 18.9 Å². The highest BCUT2D eigenvalue weighted by Crippen LogP contribution is 2.48. The second kappa shape index (κ2) is 20.3. The number of aromatic nitrogens is 5. The molecular formula is C59H55N5O6. The number of nitrogens with one attached hydrogen (secondary N) is 2. The number of pyridine rings is 1. The Morgan fingerprint density at radius 2 is 0.829 bits per heavy atom. The van der Waals surface area contributed by atoms with E-state index in [2.05, 4.69) is 76.7 Å². The van der Waals surface area contributed by atoms with Gasteiger partial charge in [0.2, 0.25) is 0 Å². The van der Waals surface area contributed by atoms with Crippen LogP contribution in [0.25, 0.3) is 101 Å². The summed E-state index contributed by atoms with van der Waals surface area (Å²) >= 11 is 0. The van der Waals surface area contributed by atoms with E-state index < -0.39 is 0 Å². The van der Waals surface area contributed by atoms with Crippen LogP contribution in [0.2, 0.25) is 0 Å². The molecule has 11 nitrogen and oxygen atoms in total. The van der Waals surface area contributed by atoms with Gasteiger partial charge in [-0.15, -0.1) is 0 Å². The third kappa shape index (κ3) is 8.93. The molecule has 0 atom stereocenters. The summed E-state index contributed by atoms with van der Waals surface area (Å²) in [6.07, 6.45) is 8.43. The molecule has 11 heteroatoms. The van der Waals surface area contributed by atoms with Crippen LogP contribution in [0, 0.1) is 0 Å². The first kappa shape index (κ1) is 45.8. The van der Waals surface area contributed by atoms with Crippen LogP contribution in [-0.2, 0) is 12.8 Å². The normalized spacial score (nSPS) is 11.7. The van der Waals surface area contributed by atoms with Crippen LogP contribution >= 0.6 is 0 Å². The number of fused-ring (bicyclic) bond motifs is 11. The summed E-state index contributed by atoms with van der Waals surface area (Å²) in [5.74, 6) is 2.85. The average molecular weight is 930 g/mol. The molecule has 8 bridgehead atoms. The number of aliphatic hydroxyl groups excluding tert-OH is 2. The van der Waals surface area contributed by atoms with Gasteiger partial charge in [0.25, 0.3) is 0 Å². The van der Waals surface area contributed by atoms with Crippen LogP contribution in [0.1, 0.15) is 48.3 Å². The van der Waals surface area contributed by atoms with E-state index in [0.29, 0.717) is 36.5 Å². The Morgan fingerprint density at radius 1 is 0.414 bits per heavy atom. The van der Waals surface area contributed by atoms with Crippen molar-refractivity contribution in [2.24, 2.45) is 0 Å². The van der Waals surface area contributed by atoms with Gasteiger partial charge in [-0.2, -0.15) is 0 Å². The van der Waals surface area contributed by atoms with Crippen molar-refractivity contribution < 1.29 is 29.2 Å². The zero-order valence-corrected chi connectivity index (χ0v) is 39.8. The second-order valence-corrected chi connectivity index (χ2v) is 17.4. The van der Waals surface area contributed by atoms with Crippen LogP contribution in [-0.4, -0.2) is 76.8 Å². The van der Waals surface area contributed by atoms with Gasteiger partial charge in [-0.1, -0.05) is 48.5 Å². The van der Waals surface area contributed by atoms with Crippen molar-refractivity contribution in [3.63, 3.8) is 0 Å². The van der Waals surface area contributed by atoms with Gasteiger partial charge in [-0.05, 0) is 157 Å². The Hall–Kier alpha value is -7.99. The summed E-state index contributed by atoms with van der Waals surface area (Å²) in [4.78, 5) is 24.7. The first-order valence-electron chi connectivity index (χ1n) is 23.7. The number of hydrogen-bond acceptors (Lipinski definition) is 9. The fourth-order valence-electron chi connectivity index (χ4n) is 9.66. The van der Waals surface area contributed by atoms with E-state index in [4.69, 9.17) is 33.9 Å². The Labute approximate surface area is 407 Å². The van der Waals surface area contributed by atoms with E-state index in [1.165, 1.54) is 0 Å². The third-order valence-electron chi connectivity index (χ3n) is 13.1. The van der Waals surface area contributed by atoms with E-state index in [-0.39, 0.29) is 13.2 Å². The molecule has 4 aromatic carbocycles. The quantitative estimate of drug-likeness (QED) is 0.0695. The summed E-state index contributed by atoms with van der Waals surface area (Å²) in [7, 11) is 6.71. The molecule has 352 valence electrons. The van der Waals surface area contributed by atoms with Crippen molar-refractivity contribution in [3.8, 4) is 90.2 Å². The standard InChI is InChI=1S/C59H55N5O6/c1-67-41-18-9-14-37(31-41)53-47-23-24-48(60-47)54(38-15-10-19-42(32-38)68-2)50-26-28-52(62-50)56(40-17-12-21-44(34-40)70-4)59-58-45(35-36(13-5-7-29-65)46(63-58)22-6-8-30-66)57(64-59)55(51-27-25-49(53)61-51)39-16-11-20-43(33-39)69-3/h9-12,14-21,23-28,31-35,61-62,65-66H,5-8,13,22,29-30H2,1-4H3. The number of ether oxygens (including phenoxy) is 4. The molecule has 0 saturated heterocycles. The number of benzene rings is 4. The minimum Gasteiger partial charge on any atom is -0.497 e. The van der Waals surface area contributed by atoms with Gasteiger partial charge in [0.05, 0.1) is 56.9 Å². The van der Waals surface area contributed by atoms with Crippen LogP contribution in [0.5, 0.6) is 23.0 Å². The van der Waals surface area contributed by atoms with Crippen molar-refractivity contribution in [1.29, 1.82) is 0 Å². The molecule has 0 saturated carbocycles. The van der Waals surface area contributed by atoms with Crippen LogP contribution in [0.3, 0.4) is 0 Å². The molecule has 4 N–H and O–H groups in total. The Morgan fingerprint density at radius 3 is 1.27 bits per heavy atom. The average Bonchev–Trinajstić information content (AvgIpc) is 4.24. The maximum atomic E-state index is 9.90. The maximum Gasteiger partial charge on any atom is 0.119 e. The molecule has 0 aliphatic carbocycles. The third-order valence-corrected chi connectivity index (χ3v) is 13.1. The molecule has 0 amide bonds. The number of aliphatic hydroxyl groups is 2. The SMILES string of the molecule is COc1cccc(-c2c3nc(c(-c4cccc(OC)c4)c4ccc([nH]4)c(-c4cccc(OC)c4)c4nc(c(-c5cccc(OC)c5)c5ccc2[nH]5)-c2cc(CCCCO)c(CCCCO)nc2-4)C=C3)c1. The lowest BCUT2D eigenvalue weighted by molar-refractivity contribution is 0.283. The molecule has 0 spiro atoms. The molecule has 0 fully saturated rings. The lowest BCUT2D eigenvalue weighted by atomic mass is 9.94. The van der Waals surface area contributed by atoms with E-state index in [0.717, 1.165) is 137 Å². The molecule has 0 unspecified atom stereocenters. The van der Waals surface area contributed by atoms with Gasteiger partial charge in [-0.25, -0.2) is 9.97 Å². The molecule has 10 rings (SSSR count). The molecule has 4 aromatic heterocycles. The molecule has 2 aliphatic rings. The van der Waals surface area contributed by atoms with Crippen LogP contribution in [0.15, 0.2) is 127 Å². The smallest absolute Gasteiger partial charge is 0.119 e. The lowest BCUT2D eigenvalue weighted by Crippen LogP contribution is -2.03. The number of aromatic amines is 2. The number of methoxy groups -OCH3 is 4. The number of nitrogens with zero attached hydrogens (tertiary/aromatic N) is 3. The molecule has 2 aliphatic heterocycles. The minimum atomic E-state index is 0.0997. The van der Waals surface area contributed by atoms with Crippen molar-refractivity contribution in [1.82, 2.24) is 24.9 Å². The van der Waals surface area contributed by atoms with Gasteiger partial charge in [0.15, 0.2) is 0 Å². The van der Waals surface area contributed by atoms with E-state index in [1.54, 1.807) is 28.4 Å². The molecule has 0 radical (unpaired) electrons. The van der Waals surface area contributed by atoms with E-state index in [1.807, 2.05) is 72.8 Å². The van der Waals surface area contributed by atoms with Gasteiger partial charge < -0.3 is 39.1 Å². The summed E-state index contributed by atoms with van der Waals surface area (Å²) in [6.45, 7) is 0.207. The first-order valence-corrected chi connectivity index (χ1v) is 23.7. The van der Waals surface area contributed by atoms with Crippen LogP contribution in [0.4, 0.5) is 0 Å². The first-order chi connectivity index (χ1) is 34.4. The summed E-state index contributed by atoms with van der Waals surface area (Å²) in [6, 6.07) is 43.0. The van der Waals surface area contributed by atoms with E-state index >= 15 is 0 Å². The number of rotatable bonds is 16. The van der Waals surface area contributed by atoms with Gasteiger partial charge in [-0.3, -0.25) is 4.98 Å². The monoisotopic (exact) mass is 929 g/mol. The zero-order chi connectivity index (χ0) is 48.1.